The predicted octanol–water partition coefficient (Wildman–Crippen LogP) is 4.42. The number of carbonyl (C=O) groups is 1. The van der Waals surface area contributed by atoms with Crippen LogP contribution in [0.2, 0.25) is 0 Å². The van der Waals surface area contributed by atoms with Crippen LogP contribution in [0, 0.1) is 0 Å². The second-order valence-corrected chi connectivity index (χ2v) is 8.38. The maximum atomic E-state index is 13.0. The quantitative estimate of drug-likeness (QED) is 0.462. The molecule has 0 fully saturated rings. The summed E-state index contributed by atoms with van der Waals surface area (Å²) in [6.07, 6.45) is 2.72. The molecule has 31 heavy (non-hydrogen) atoms. The second kappa shape index (κ2) is 7.70. The molecule has 8 heteroatoms. The molecule has 2 aromatic carbocycles. The molecule has 0 aliphatic heterocycles. The van der Waals surface area contributed by atoms with Crippen molar-refractivity contribution in [3.05, 3.63) is 59.4 Å². The molecule has 4 aromatic rings. The standard InChI is InChI=1S/C23H21N3O4S/c1-28-19-10-14(11-20(29-2)22(19)30-3)13-8-17-15(18(27)9-13)12-24-26(17)23-25-16-6-4-5-7-21(16)31-23/h4-7,10-13H,8-9H2,1-3H3/t13-/m1/s1. The molecule has 2 aromatic heterocycles. The van der Waals surface area contributed by atoms with Crippen LogP contribution in [0.4, 0.5) is 0 Å². The molecular formula is C23H21N3O4S. The largest absolute Gasteiger partial charge is 0.493 e. The van der Waals surface area contributed by atoms with Crippen LogP contribution >= 0.6 is 11.3 Å². The number of hydrogen-bond acceptors (Lipinski definition) is 7. The highest BCUT2D eigenvalue weighted by Gasteiger charge is 2.32. The van der Waals surface area contributed by atoms with Gasteiger partial charge < -0.3 is 14.2 Å². The summed E-state index contributed by atoms with van der Waals surface area (Å²) in [6.45, 7) is 0. The first-order valence-corrected chi connectivity index (χ1v) is 10.7. The van der Waals surface area contributed by atoms with Crippen LogP contribution in [0.25, 0.3) is 15.3 Å². The summed E-state index contributed by atoms with van der Waals surface area (Å²) in [6, 6.07) is 11.8. The lowest BCUT2D eigenvalue weighted by atomic mass is 9.82. The van der Waals surface area contributed by atoms with E-state index >= 15 is 0 Å². The van der Waals surface area contributed by atoms with Gasteiger partial charge in [0, 0.05) is 6.42 Å². The van der Waals surface area contributed by atoms with Crippen molar-refractivity contribution < 1.29 is 19.0 Å². The van der Waals surface area contributed by atoms with E-state index in [0.29, 0.717) is 35.7 Å². The third-order valence-electron chi connectivity index (χ3n) is 5.66. The topological polar surface area (TPSA) is 75.5 Å². The second-order valence-electron chi connectivity index (χ2n) is 7.37. The Bertz CT molecular complexity index is 1240. The summed E-state index contributed by atoms with van der Waals surface area (Å²) in [5.41, 5.74) is 3.44. The predicted molar refractivity (Wildman–Crippen MR) is 118 cm³/mol. The number of hydrogen-bond donors (Lipinski definition) is 0. The van der Waals surface area contributed by atoms with Gasteiger partial charge in [-0.1, -0.05) is 23.5 Å². The van der Waals surface area contributed by atoms with Gasteiger partial charge in [-0.3, -0.25) is 4.79 Å². The Balaban J connectivity index is 1.56. The minimum Gasteiger partial charge on any atom is -0.493 e. The number of rotatable bonds is 5. The summed E-state index contributed by atoms with van der Waals surface area (Å²) in [4.78, 5) is 17.7. The van der Waals surface area contributed by atoms with E-state index in [-0.39, 0.29) is 11.7 Å². The molecule has 158 valence electrons. The van der Waals surface area contributed by atoms with Crippen molar-refractivity contribution in [1.29, 1.82) is 0 Å². The highest BCUT2D eigenvalue weighted by atomic mass is 32.1. The Hall–Kier alpha value is -3.39. The lowest BCUT2D eigenvalue weighted by Gasteiger charge is -2.24. The number of methoxy groups -OCH3 is 3. The summed E-state index contributed by atoms with van der Waals surface area (Å²) >= 11 is 1.56. The zero-order chi connectivity index (χ0) is 21.5. The number of thiazole rings is 1. The Kier molecular flexibility index (Phi) is 4.86. The van der Waals surface area contributed by atoms with Crippen LogP contribution in [0.5, 0.6) is 17.2 Å². The summed E-state index contributed by atoms with van der Waals surface area (Å²) in [7, 11) is 4.76. The number of ether oxygens (including phenoxy) is 3. The minimum atomic E-state index is -0.0291. The number of ketones is 1. The van der Waals surface area contributed by atoms with Gasteiger partial charge in [0.15, 0.2) is 17.3 Å². The maximum Gasteiger partial charge on any atom is 0.211 e. The van der Waals surface area contributed by atoms with Crippen molar-refractivity contribution in [3.8, 4) is 22.4 Å². The zero-order valence-corrected chi connectivity index (χ0v) is 18.2. The molecular weight excluding hydrogens is 414 g/mol. The average Bonchev–Trinajstić information content (AvgIpc) is 3.42. The van der Waals surface area contributed by atoms with E-state index in [1.165, 1.54) is 0 Å². The smallest absolute Gasteiger partial charge is 0.211 e. The van der Waals surface area contributed by atoms with Crippen molar-refractivity contribution in [1.82, 2.24) is 14.8 Å². The lowest BCUT2D eigenvalue weighted by Crippen LogP contribution is -2.20. The monoisotopic (exact) mass is 435 g/mol. The number of benzene rings is 2. The first-order chi connectivity index (χ1) is 15.1. The van der Waals surface area contributed by atoms with E-state index in [4.69, 9.17) is 19.2 Å². The van der Waals surface area contributed by atoms with Gasteiger partial charge in [-0.15, -0.1) is 0 Å². The molecule has 2 heterocycles. The van der Waals surface area contributed by atoms with Gasteiger partial charge in [-0.2, -0.15) is 5.10 Å². The SMILES string of the molecule is COc1cc([C@H]2CC(=O)c3cnn(-c4nc5ccccc5s4)c3C2)cc(OC)c1OC. The molecule has 1 atom stereocenters. The molecule has 0 N–H and O–H groups in total. The molecule has 1 aliphatic carbocycles. The van der Waals surface area contributed by atoms with Gasteiger partial charge in [-0.05, 0) is 42.2 Å². The third kappa shape index (κ3) is 3.23. The summed E-state index contributed by atoms with van der Waals surface area (Å²) in [5.74, 6) is 1.74. The number of para-hydroxylation sites is 1. The maximum absolute atomic E-state index is 13.0. The number of Topliss-reactive ketones (excluding diaryl/α,β-unsaturated/α-hetero) is 1. The van der Waals surface area contributed by atoms with Crippen molar-refractivity contribution in [2.45, 2.75) is 18.8 Å². The van der Waals surface area contributed by atoms with Crippen LogP contribution in [0.3, 0.4) is 0 Å². The number of carbonyl (C=O) groups excluding carboxylic acids is 1. The average molecular weight is 436 g/mol. The highest BCUT2D eigenvalue weighted by Crippen LogP contribution is 2.43. The molecule has 5 rings (SSSR count). The first kappa shape index (κ1) is 19.6. The molecule has 0 amide bonds. The molecule has 0 saturated heterocycles. The van der Waals surface area contributed by atoms with Crippen molar-refractivity contribution >= 4 is 27.3 Å². The Morgan fingerprint density at radius 1 is 1.03 bits per heavy atom. The van der Waals surface area contributed by atoms with Gasteiger partial charge in [-0.25, -0.2) is 9.67 Å². The Morgan fingerprint density at radius 2 is 1.77 bits per heavy atom. The van der Waals surface area contributed by atoms with E-state index in [1.807, 2.05) is 41.1 Å². The highest BCUT2D eigenvalue weighted by molar-refractivity contribution is 7.20. The molecule has 0 saturated carbocycles. The fraction of sp³-hybridized carbons (Fsp3) is 0.261. The van der Waals surface area contributed by atoms with Crippen LogP contribution in [-0.2, 0) is 6.42 Å². The van der Waals surface area contributed by atoms with Gasteiger partial charge in [0.2, 0.25) is 10.9 Å². The van der Waals surface area contributed by atoms with Crippen LogP contribution < -0.4 is 14.2 Å². The number of fused-ring (bicyclic) bond motifs is 2. The number of aromatic nitrogens is 3. The normalized spacial score (nSPS) is 15.7. The Morgan fingerprint density at radius 3 is 2.45 bits per heavy atom. The van der Waals surface area contributed by atoms with Crippen molar-refractivity contribution in [2.24, 2.45) is 0 Å². The van der Waals surface area contributed by atoms with Crippen LogP contribution in [-0.4, -0.2) is 41.9 Å². The molecule has 0 radical (unpaired) electrons. The van der Waals surface area contributed by atoms with Crippen molar-refractivity contribution in [2.75, 3.05) is 21.3 Å². The number of nitrogens with zero attached hydrogens (tertiary/aromatic N) is 3. The third-order valence-corrected chi connectivity index (χ3v) is 6.68. The fourth-order valence-corrected chi connectivity index (χ4v) is 5.08. The van der Waals surface area contributed by atoms with E-state index in [1.54, 1.807) is 38.9 Å². The summed E-state index contributed by atoms with van der Waals surface area (Å²) in [5, 5.41) is 5.28. The molecule has 0 unspecified atom stereocenters. The van der Waals surface area contributed by atoms with E-state index in [9.17, 15) is 4.79 Å². The van der Waals surface area contributed by atoms with E-state index in [2.05, 4.69) is 5.10 Å². The Labute approximate surface area is 183 Å². The van der Waals surface area contributed by atoms with Gasteiger partial charge in [0.05, 0.1) is 49.0 Å². The minimum absolute atomic E-state index is 0.0291. The van der Waals surface area contributed by atoms with Gasteiger partial charge in [0.1, 0.15) is 0 Å². The molecule has 0 bridgehead atoms. The van der Waals surface area contributed by atoms with E-state index < -0.39 is 0 Å². The molecule has 1 aliphatic rings. The van der Waals surface area contributed by atoms with Crippen LogP contribution in [0.15, 0.2) is 42.6 Å². The zero-order valence-electron chi connectivity index (χ0n) is 17.4. The van der Waals surface area contributed by atoms with E-state index in [0.717, 1.165) is 26.6 Å². The first-order valence-electron chi connectivity index (χ1n) is 9.89. The molecule has 7 nitrogen and oxygen atoms in total. The van der Waals surface area contributed by atoms with Crippen LogP contribution in [0.1, 0.15) is 34.0 Å². The molecule has 0 spiro atoms. The fourth-order valence-electron chi connectivity index (χ4n) is 4.13. The lowest BCUT2D eigenvalue weighted by molar-refractivity contribution is 0.0963. The van der Waals surface area contributed by atoms with Gasteiger partial charge in [0.25, 0.3) is 0 Å². The van der Waals surface area contributed by atoms with Gasteiger partial charge >= 0.3 is 0 Å². The summed E-state index contributed by atoms with van der Waals surface area (Å²) < 4.78 is 19.3. The van der Waals surface area contributed by atoms with Crippen molar-refractivity contribution in [3.63, 3.8) is 0 Å².